The van der Waals surface area contributed by atoms with Crippen LogP contribution >= 0.6 is 0 Å². The Balaban J connectivity index is 1.76. The van der Waals surface area contributed by atoms with Gasteiger partial charge in [0.25, 0.3) is 0 Å². The highest BCUT2D eigenvalue weighted by Crippen LogP contribution is 2.21. The molecule has 23 heavy (non-hydrogen) atoms. The van der Waals surface area contributed by atoms with Gasteiger partial charge in [0, 0.05) is 19.1 Å². The van der Waals surface area contributed by atoms with Crippen LogP contribution in [0.4, 0.5) is 0 Å². The Labute approximate surface area is 143 Å². The molecule has 0 aromatic rings. The first-order valence-electron chi connectivity index (χ1n) is 10.1. The van der Waals surface area contributed by atoms with E-state index in [-0.39, 0.29) is 0 Å². The summed E-state index contributed by atoms with van der Waals surface area (Å²) in [6, 6.07) is 0.777. The van der Waals surface area contributed by atoms with E-state index in [0.29, 0.717) is 0 Å². The van der Waals surface area contributed by atoms with E-state index in [2.05, 4.69) is 34.2 Å². The second-order valence-corrected chi connectivity index (χ2v) is 7.28. The van der Waals surface area contributed by atoms with Gasteiger partial charge >= 0.3 is 0 Å². The van der Waals surface area contributed by atoms with Gasteiger partial charge in [-0.3, -0.25) is 10.3 Å². The highest BCUT2D eigenvalue weighted by molar-refractivity contribution is 5.85. The molecule has 2 aliphatic rings. The number of hydrogen-bond donors (Lipinski definition) is 1. The van der Waals surface area contributed by atoms with Gasteiger partial charge < -0.3 is 4.90 Å². The van der Waals surface area contributed by atoms with Crippen molar-refractivity contribution in [1.29, 1.82) is 0 Å². The van der Waals surface area contributed by atoms with Crippen LogP contribution in [-0.2, 0) is 0 Å². The van der Waals surface area contributed by atoms with E-state index in [9.17, 15) is 0 Å². The van der Waals surface area contributed by atoms with Gasteiger partial charge in [-0.05, 0) is 12.8 Å². The first-order valence-corrected chi connectivity index (χ1v) is 10.1. The van der Waals surface area contributed by atoms with Crippen LogP contribution in [0.25, 0.3) is 0 Å². The standard InChI is InChI=1S/C19H38N4/c1-3-5-7-9-11-13-18(12-10-8-6-4-2)22-14-15-23-17-20-21-19(23)16-22/h18,20H,3-17H2,1-2H3. The minimum Gasteiger partial charge on any atom is -0.337 e. The number of amidine groups is 1. The molecule has 4 nitrogen and oxygen atoms in total. The monoisotopic (exact) mass is 322 g/mol. The van der Waals surface area contributed by atoms with Gasteiger partial charge in [-0.2, -0.15) is 5.10 Å². The average Bonchev–Trinajstić information content (AvgIpc) is 3.04. The molecule has 1 saturated heterocycles. The number of unbranched alkanes of at least 4 members (excludes halogenated alkanes) is 7. The van der Waals surface area contributed by atoms with Crippen LogP contribution in [0.3, 0.4) is 0 Å². The van der Waals surface area contributed by atoms with Gasteiger partial charge in [-0.1, -0.05) is 71.6 Å². The van der Waals surface area contributed by atoms with Gasteiger partial charge in [-0.15, -0.1) is 0 Å². The molecule has 1 fully saturated rings. The third-order valence-corrected chi connectivity index (χ3v) is 5.38. The van der Waals surface area contributed by atoms with Crippen molar-refractivity contribution >= 4 is 5.84 Å². The normalized spacial score (nSPS) is 19.4. The Hall–Kier alpha value is -0.770. The summed E-state index contributed by atoms with van der Waals surface area (Å²) in [5, 5.41) is 4.47. The molecule has 2 aliphatic heterocycles. The molecule has 1 unspecified atom stereocenters. The van der Waals surface area contributed by atoms with E-state index >= 15 is 0 Å². The van der Waals surface area contributed by atoms with E-state index in [1.54, 1.807) is 0 Å². The lowest BCUT2D eigenvalue weighted by Crippen LogP contribution is -2.52. The maximum Gasteiger partial charge on any atom is 0.140 e. The van der Waals surface area contributed by atoms with Gasteiger partial charge in [0.15, 0.2) is 0 Å². The molecule has 4 heteroatoms. The Bertz CT molecular complexity index is 342. The number of hydrogen-bond acceptors (Lipinski definition) is 4. The van der Waals surface area contributed by atoms with Gasteiger partial charge in [0.05, 0.1) is 6.54 Å². The topological polar surface area (TPSA) is 30.9 Å². The zero-order valence-electron chi connectivity index (χ0n) is 15.5. The van der Waals surface area contributed by atoms with Crippen molar-refractivity contribution in [2.45, 2.75) is 90.5 Å². The molecule has 0 aliphatic carbocycles. The molecule has 0 saturated carbocycles. The first-order chi connectivity index (χ1) is 11.3. The Morgan fingerprint density at radius 3 is 2.26 bits per heavy atom. The molecule has 2 rings (SSSR count). The number of piperazine rings is 1. The number of nitrogens with one attached hydrogen (secondary N) is 1. The van der Waals surface area contributed by atoms with Crippen LogP contribution in [0.5, 0.6) is 0 Å². The maximum atomic E-state index is 4.47. The summed E-state index contributed by atoms with van der Waals surface area (Å²) in [5.41, 5.74) is 3.14. The smallest absolute Gasteiger partial charge is 0.140 e. The summed E-state index contributed by atoms with van der Waals surface area (Å²) in [7, 11) is 0. The predicted octanol–water partition coefficient (Wildman–Crippen LogP) is 4.18. The van der Waals surface area contributed by atoms with Crippen molar-refractivity contribution in [3.63, 3.8) is 0 Å². The fraction of sp³-hybridized carbons (Fsp3) is 0.947. The van der Waals surface area contributed by atoms with Crippen LogP contribution in [0, 0.1) is 0 Å². The molecule has 134 valence electrons. The summed E-state index contributed by atoms with van der Waals surface area (Å²) in [4.78, 5) is 5.11. The Morgan fingerprint density at radius 1 is 0.913 bits per heavy atom. The van der Waals surface area contributed by atoms with Gasteiger partial charge in [-0.25, -0.2) is 0 Å². The van der Waals surface area contributed by atoms with Crippen molar-refractivity contribution in [3.05, 3.63) is 0 Å². The second kappa shape index (κ2) is 10.9. The molecule has 1 atom stereocenters. The van der Waals surface area contributed by atoms with Crippen molar-refractivity contribution in [2.24, 2.45) is 5.10 Å². The van der Waals surface area contributed by atoms with Crippen LogP contribution in [0.1, 0.15) is 84.5 Å². The highest BCUT2D eigenvalue weighted by atomic mass is 15.5. The zero-order chi connectivity index (χ0) is 16.3. The third kappa shape index (κ3) is 6.33. The third-order valence-electron chi connectivity index (χ3n) is 5.38. The van der Waals surface area contributed by atoms with E-state index in [1.807, 2.05) is 0 Å². The minimum atomic E-state index is 0.777. The maximum absolute atomic E-state index is 4.47. The van der Waals surface area contributed by atoms with Crippen LogP contribution in [0.15, 0.2) is 5.10 Å². The largest absolute Gasteiger partial charge is 0.337 e. The molecular formula is C19H38N4. The van der Waals surface area contributed by atoms with Gasteiger partial charge in [0.1, 0.15) is 12.5 Å². The molecule has 0 spiro atoms. The summed E-state index contributed by atoms with van der Waals surface area (Å²) in [6.07, 6.45) is 15.3. The lowest BCUT2D eigenvalue weighted by atomic mass is 9.98. The fourth-order valence-corrected chi connectivity index (χ4v) is 3.84. The SMILES string of the molecule is CCCCCCCC(CCCCCC)N1CCN2CNN=C2C1. The van der Waals surface area contributed by atoms with Crippen molar-refractivity contribution in [1.82, 2.24) is 15.2 Å². The molecule has 2 heterocycles. The Kier molecular flexibility index (Phi) is 8.80. The molecule has 0 aromatic heterocycles. The van der Waals surface area contributed by atoms with Crippen LogP contribution < -0.4 is 5.43 Å². The summed E-state index contributed by atoms with van der Waals surface area (Å²) < 4.78 is 0. The minimum absolute atomic E-state index is 0.777. The number of fused-ring (bicyclic) bond motifs is 1. The van der Waals surface area contributed by atoms with Crippen LogP contribution in [0.2, 0.25) is 0 Å². The van der Waals surface area contributed by atoms with E-state index in [4.69, 9.17) is 0 Å². The molecule has 0 aromatic carbocycles. The van der Waals surface area contributed by atoms with Crippen molar-refractivity contribution < 1.29 is 0 Å². The molecule has 0 bridgehead atoms. The molecule has 0 radical (unpaired) electrons. The lowest BCUT2D eigenvalue weighted by Gasteiger charge is -2.38. The average molecular weight is 323 g/mol. The summed E-state index contributed by atoms with van der Waals surface area (Å²) in [6.45, 7) is 8.94. The highest BCUT2D eigenvalue weighted by Gasteiger charge is 2.29. The van der Waals surface area contributed by atoms with Gasteiger partial charge in [0.2, 0.25) is 0 Å². The van der Waals surface area contributed by atoms with Crippen LogP contribution in [-0.4, -0.2) is 48.0 Å². The molecule has 0 amide bonds. The fourth-order valence-electron chi connectivity index (χ4n) is 3.84. The second-order valence-electron chi connectivity index (χ2n) is 7.28. The summed E-state index contributed by atoms with van der Waals surface area (Å²) in [5.74, 6) is 1.26. The van der Waals surface area contributed by atoms with Crippen molar-refractivity contribution in [2.75, 3.05) is 26.3 Å². The number of nitrogens with zero attached hydrogens (tertiary/aromatic N) is 3. The van der Waals surface area contributed by atoms with E-state index < -0.39 is 0 Å². The Morgan fingerprint density at radius 2 is 1.57 bits per heavy atom. The quantitative estimate of drug-likeness (QED) is 0.547. The zero-order valence-corrected chi connectivity index (χ0v) is 15.5. The summed E-state index contributed by atoms with van der Waals surface area (Å²) >= 11 is 0. The number of rotatable bonds is 12. The van der Waals surface area contributed by atoms with Crippen molar-refractivity contribution in [3.8, 4) is 0 Å². The molecular weight excluding hydrogens is 284 g/mol. The van der Waals surface area contributed by atoms with E-state index in [1.165, 1.54) is 83.0 Å². The molecule has 1 N–H and O–H groups in total. The predicted molar refractivity (Wildman–Crippen MR) is 99.6 cm³/mol. The number of hydrazone groups is 1. The lowest BCUT2D eigenvalue weighted by molar-refractivity contribution is 0.157. The first kappa shape index (κ1) is 18.6. The van der Waals surface area contributed by atoms with E-state index in [0.717, 1.165) is 25.8 Å².